The lowest BCUT2D eigenvalue weighted by atomic mass is 10.2. The molecular weight excluding hydrogens is 278 g/mol. The fourth-order valence-corrected chi connectivity index (χ4v) is 2.49. The van der Waals surface area contributed by atoms with E-state index in [1.54, 1.807) is 0 Å². The number of nitrogens with zero attached hydrogens (tertiary/aromatic N) is 2. The lowest BCUT2D eigenvalue weighted by Crippen LogP contribution is -2.51. The molecule has 2 nitrogen and oxygen atoms in total. The third-order valence-corrected chi connectivity index (χ3v) is 3.75. The van der Waals surface area contributed by atoms with Gasteiger partial charge in [0.15, 0.2) is 0 Å². The largest absolute Gasteiger partial charge is 0.387 e. The van der Waals surface area contributed by atoms with Crippen molar-refractivity contribution < 1.29 is 13.3 Å². The topological polar surface area (TPSA) is 12.4 Å². The molecule has 2 rings (SSSR count). The van der Waals surface area contributed by atoms with E-state index in [0.29, 0.717) is 17.8 Å². The molecule has 1 aliphatic rings. The monoisotopic (exact) mass is 289 g/mol. The maximum Gasteiger partial charge on any atom is 0.387 e. The smallest absolute Gasteiger partial charge is 0.222 e. The van der Waals surface area contributed by atoms with E-state index in [4.69, 9.17) is 0 Å². The second-order valence-electron chi connectivity index (χ2n) is 3.83. The van der Waals surface area contributed by atoms with Crippen molar-refractivity contribution in [1.29, 1.82) is 0 Å². The Morgan fingerprint density at radius 2 is 2.00 bits per heavy atom. The lowest BCUT2D eigenvalue weighted by molar-refractivity contribution is -0.903. The van der Waals surface area contributed by atoms with Gasteiger partial charge >= 0.3 is 6.55 Å². The van der Waals surface area contributed by atoms with E-state index >= 15 is 0 Å². The van der Waals surface area contributed by atoms with Crippen molar-refractivity contribution in [2.75, 3.05) is 13.1 Å². The minimum absolute atomic E-state index is 0.280. The van der Waals surface area contributed by atoms with Crippen LogP contribution in [0.1, 0.15) is 5.56 Å². The molecule has 1 aromatic carbocycles. The Kier molecular flexibility index (Phi) is 3.35. The first kappa shape index (κ1) is 11.7. The summed E-state index contributed by atoms with van der Waals surface area (Å²) < 4.78 is 26.4. The number of hydrogen-bond donors (Lipinski definition) is 0. The van der Waals surface area contributed by atoms with E-state index in [-0.39, 0.29) is 11.0 Å². The normalized spacial score (nSPS) is 24.9. The predicted molar refractivity (Wildman–Crippen MR) is 62.5 cm³/mol. The first-order chi connectivity index (χ1) is 7.65. The van der Waals surface area contributed by atoms with Gasteiger partial charge in [-0.05, 0) is 0 Å². The van der Waals surface area contributed by atoms with E-state index in [9.17, 15) is 8.78 Å². The van der Waals surface area contributed by atoms with Crippen molar-refractivity contribution in [3.05, 3.63) is 35.9 Å². The molecule has 0 saturated carbocycles. The molecule has 1 aromatic rings. The summed E-state index contributed by atoms with van der Waals surface area (Å²) in [7, 11) is 0. The fourth-order valence-electron chi connectivity index (χ4n) is 1.85. The molecule has 0 N–H and O–H groups in total. The summed E-state index contributed by atoms with van der Waals surface area (Å²) in [5.41, 5.74) is 0.900. The Labute approximate surface area is 101 Å². The van der Waals surface area contributed by atoms with Crippen LogP contribution in [0.5, 0.6) is 0 Å². The number of rotatable bonds is 3. The Morgan fingerprint density at radius 1 is 1.31 bits per heavy atom. The van der Waals surface area contributed by atoms with Gasteiger partial charge in [0, 0.05) is 21.5 Å². The highest BCUT2D eigenvalue weighted by Gasteiger charge is 2.45. The first-order valence-electron chi connectivity index (χ1n) is 5.04. The second kappa shape index (κ2) is 4.59. The third-order valence-electron chi connectivity index (χ3n) is 2.79. The second-order valence-corrected chi connectivity index (χ2v) is 4.54. The maximum atomic E-state index is 13.2. The van der Waals surface area contributed by atoms with Gasteiger partial charge in [-0.25, -0.2) is 9.48 Å². The molecule has 0 fully saturated rings. The molecule has 86 valence electrons. The van der Waals surface area contributed by atoms with Gasteiger partial charge in [-0.15, -0.1) is 0 Å². The molecule has 0 bridgehead atoms. The average molecular weight is 290 g/mol. The highest BCUT2D eigenvalue weighted by Crippen LogP contribution is 2.28. The zero-order valence-corrected chi connectivity index (χ0v) is 10.2. The SMILES string of the molecule is FC(F)[N+]1(Cc2ccccc2)CCN=C1Br. The van der Waals surface area contributed by atoms with Gasteiger partial charge in [0.05, 0.1) is 6.54 Å². The molecule has 1 unspecified atom stereocenters. The van der Waals surface area contributed by atoms with Gasteiger partial charge in [-0.1, -0.05) is 30.3 Å². The molecule has 0 amide bonds. The number of alkyl halides is 2. The summed E-state index contributed by atoms with van der Waals surface area (Å²) in [5, 5.41) is 0. The number of quaternary nitrogens is 1. The molecular formula is C11H12BrF2N2+. The summed E-state index contributed by atoms with van der Waals surface area (Å²) in [5.74, 6) is 0. The molecule has 1 aliphatic heterocycles. The summed E-state index contributed by atoms with van der Waals surface area (Å²) in [6.07, 6.45) is 0. The lowest BCUT2D eigenvalue weighted by Gasteiger charge is -2.30. The summed E-state index contributed by atoms with van der Waals surface area (Å²) in [6.45, 7) is -1.35. The van der Waals surface area contributed by atoms with E-state index in [2.05, 4.69) is 20.9 Å². The highest BCUT2D eigenvalue weighted by molar-refractivity contribution is 9.18. The predicted octanol–water partition coefficient (Wildman–Crippen LogP) is 2.99. The van der Waals surface area contributed by atoms with Crippen LogP contribution in [-0.4, -0.2) is 28.9 Å². The van der Waals surface area contributed by atoms with Crippen LogP contribution in [0.2, 0.25) is 0 Å². The van der Waals surface area contributed by atoms with E-state index in [1.165, 1.54) is 0 Å². The van der Waals surface area contributed by atoms with Crippen LogP contribution in [0.3, 0.4) is 0 Å². The van der Waals surface area contributed by atoms with Crippen LogP contribution in [0.25, 0.3) is 0 Å². The van der Waals surface area contributed by atoms with Gasteiger partial charge in [0.1, 0.15) is 13.1 Å². The number of amidine groups is 1. The quantitative estimate of drug-likeness (QED) is 0.599. The van der Waals surface area contributed by atoms with Gasteiger partial charge in [0.25, 0.3) is 4.74 Å². The zero-order chi connectivity index (χ0) is 11.6. The van der Waals surface area contributed by atoms with Crippen molar-refractivity contribution in [3.8, 4) is 0 Å². The molecule has 5 heteroatoms. The molecule has 1 atom stereocenters. The molecule has 0 radical (unpaired) electrons. The first-order valence-corrected chi connectivity index (χ1v) is 5.84. The molecule has 16 heavy (non-hydrogen) atoms. The number of halogens is 3. The molecule has 0 aromatic heterocycles. The summed E-state index contributed by atoms with van der Waals surface area (Å²) in [4.78, 5) is 4.03. The van der Waals surface area contributed by atoms with E-state index < -0.39 is 6.55 Å². The van der Waals surface area contributed by atoms with Crippen molar-refractivity contribution in [2.24, 2.45) is 4.99 Å². The Morgan fingerprint density at radius 3 is 2.50 bits per heavy atom. The standard InChI is InChI=1S/C11H12BrF2N2/c12-10-15-6-7-16(10,11(13)14)8-9-4-2-1-3-5-9/h1-5,11H,6-8H2/q+1. The number of aliphatic imine (C=N–C) groups is 1. The maximum absolute atomic E-state index is 13.2. The number of benzene rings is 1. The van der Waals surface area contributed by atoms with Crippen molar-refractivity contribution in [2.45, 2.75) is 13.1 Å². The minimum Gasteiger partial charge on any atom is -0.222 e. The Balaban J connectivity index is 2.26. The van der Waals surface area contributed by atoms with Gasteiger partial charge in [-0.2, -0.15) is 8.78 Å². The zero-order valence-electron chi connectivity index (χ0n) is 8.61. The molecule has 0 aliphatic carbocycles. The van der Waals surface area contributed by atoms with Gasteiger partial charge in [-0.3, -0.25) is 0 Å². The van der Waals surface area contributed by atoms with Crippen LogP contribution in [0, 0.1) is 0 Å². The number of hydrogen-bond acceptors (Lipinski definition) is 1. The van der Waals surface area contributed by atoms with Gasteiger partial charge in [0.2, 0.25) is 0 Å². The van der Waals surface area contributed by atoms with Crippen LogP contribution in [-0.2, 0) is 6.54 Å². The fraction of sp³-hybridized carbons (Fsp3) is 0.364. The molecule has 0 saturated heterocycles. The molecule has 0 spiro atoms. The van der Waals surface area contributed by atoms with Crippen LogP contribution in [0.15, 0.2) is 35.3 Å². The van der Waals surface area contributed by atoms with Crippen LogP contribution in [0.4, 0.5) is 8.78 Å². The van der Waals surface area contributed by atoms with Crippen LogP contribution >= 0.6 is 15.9 Å². The van der Waals surface area contributed by atoms with E-state index in [0.717, 1.165) is 5.56 Å². The summed E-state index contributed by atoms with van der Waals surface area (Å²) in [6, 6.07) is 9.32. The van der Waals surface area contributed by atoms with Gasteiger partial charge < -0.3 is 0 Å². The Hall–Kier alpha value is -0.810. The van der Waals surface area contributed by atoms with Crippen molar-refractivity contribution >= 4 is 20.7 Å². The Bertz CT molecular complexity index is 394. The van der Waals surface area contributed by atoms with E-state index in [1.807, 2.05) is 30.3 Å². The highest BCUT2D eigenvalue weighted by atomic mass is 79.9. The van der Waals surface area contributed by atoms with Crippen molar-refractivity contribution in [3.63, 3.8) is 0 Å². The third kappa shape index (κ3) is 2.01. The minimum atomic E-state index is -2.44. The van der Waals surface area contributed by atoms with Crippen molar-refractivity contribution in [1.82, 2.24) is 0 Å². The van der Waals surface area contributed by atoms with Crippen LogP contribution < -0.4 is 0 Å². The summed E-state index contributed by atoms with van der Waals surface area (Å²) >= 11 is 3.16. The molecule has 1 heterocycles. The average Bonchev–Trinajstić information content (AvgIpc) is 2.63.